The van der Waals surface area contributed by atoms with Gasteiger partial charge in [0.2, 0.25) is 11.8 Å². The summed E-state index contributed by atoms with van der Waals surface area (Å²) in [5.41, 5.74) is 1.18. The predicted octanol–water partition coefficient (Wildman–Crippen LogP) is 1.31. The van der Waals surface area contributed by atoms with E-state index in [0.29, 0.717) is 11.4 Å². The molecule has 19 heavy (non-hydrogen) atoms. The number of anilines is 2. The Balaban J connectivity index is 2.58. The number of rotatable bonds is 4. The molecule has 0 atom stereocenters. The van der Waals surface area contributed by atoms with Crippen LogP contribution < -0.4 is 10.6 Å². The lowest BCUT2D eigenvalue weighted by atomic mass is 10.2. The third-order valence-corrected chi connectivity index (χ3v) is 2.04. The van der Waals surface area contributed by atoms with Crippen molar-refractivity contribution in [1.82, 2.24) is 0 Å². The first-order chi connectivity index (χ1) is 9.01. The monoisotopic (exact) mass is 262 g/mol. The lowest BCUT2D eigenvalue weighted by Crippen LogP contribution is -2.09. The Morgan fingerprint density at radius 1 is 1.00 bits per heavy atom. The fourth-order valence-electron chi connectivity index (χ4n) is 1.24. The fraction of sp³-hybridized carbons (Fsp3) is 0.154. The third kappa shape index (κ3) is 5.49. The molecule has 0 heterocycles. The van der Waals surface area contributed by atoms with Gasteiger partial charge in [-0.2, -0.15) is 0 Å². The number of carbonyl (C=O) groups is 3. The van der Waals surface area contributed by atoms with Crippen molar-refractivity contribution in [3.05, 3.63) is 36.4 Å². The maximum Gasteiger partial charge on any atom is 0.330 e. The Labute approximate surface area is 110 Å². The van der Waals surface area contributed by atoms with E-state index in [1.54, 1.807) is 24.3 Å². The molecule has 0 saturated carbocycles. The predicted molar refractivity (Wildman–Crippen MR) is 70.5 cm³/mol. The van der Waals surface area contributed by atoms with E-state index in [9.17, 15) is 14.4 Å². The van der Waals surface area contributed by atoms with Crippen LogP contribution >= 0.6 is 0 Å². The van der Waals surface area contributed by atoms with Crippen LogP contribution in [-0.4, -0.2) is 24.9 Å². The molecule has 100 valence electrons. The molecule has 1 rings (SSSR count). The first kappa shape index (κ1) is 14.4. The number of nitrogens with one attached hydrogen (secondary N) is 2. The maximum atomic E-state index is 11.4. The van der Waals surface area contributed by atoms with E-state index in [1.807, 2.05) is 0 Å². The van der Waals surface area contributed by atoms with Crippen molar-refractivity contribution in [3.63, 3.8) is 0 Å². The highest BCUT2D eigenvalue weighted by atomic mass is 16.5. The summed E-state index contributed by atoms with van der Waals surface area (Å²) in [6, 6.07) is 6.58. The highest BCUT2D eigenvalue weighted by Gasteiger charge is 2.00. The lowest BCUT2D eigenvalue weighted by molar-refractivity contribution is -0.135. The summed E-state index contributed by atoms with van der Waals surface area (Å²) < 4.78 is 4.36. The average molecular weight is 262 g/mol. The Hall–Kier alpha value is -2.63. The van der Waals surface area contributed by atoms with Gasteiger partial charge in [0.1, 0.15) is 0 Å². The van der Waals surface area contributed by atoms with Gasteiger partial charge >= 0.3 is 5.97 Å². The zero-order valence-electron chi connectivity index (χ0n) is 10.6. The van der Waals surface area contributed by atoms with Crippen LogP contribution in [0.15, 0.2) is 36.4 Å². The summed E-state index contributed by atoms with van der Waals surface area (Å²) in [7, 11) is 1.23. The number of methoxy groups -OCH3 is 1. The summed E-state index contributed by atoms with van der Waals surface area (Å²) >= 11 is 0. The minimum atomic E-state index is -0.601. The van der Waals surface area contributed by atoms with Crippen LogP contribution in [0, 0.1) is 0 Å². The second kappa shape index (κ2) is 6.95. The molecule has 0 fully saturated rings. The summed E-state index contributed by atoms with van der Waals surface area (Å²) in [6.07, 6.45) is 2.11. The molecule has 1 aromatic rings. The number of hydrogen-bond donors (Lipinski definition) is 2. The molecule has 0 bridgehead atoms. The summed E-state index contributed by atoms with van der Waals surface area (Å²) in [5, 5.41) is 5.16. The molecule has 6 nitrogen and oxygen atoms in total. The van der Waals surface area contributed by atoms with Gasteiger partial charge in [-0.05, 0) is 24.3 Å². The number of esters is 1. The van der Waals surface area contributed by atoms with Crippen LogP contribution in [-0.2, 0) is 19.1 Å². The van der Waals surface area contributed by atoms with Crippen LogP contribution in [0.2, 0.25) is 0 Å². The highest BCUT2D eigenvalue weighted by Crippen LogP contribution is 2.13. The van der Waals surface area contributed by atoms with Crippen molar-refractivity contribution in [3.8, 4) is 0 Å². The summed E-state index contributed by atoms with van der Waals surface area (Å²) in [6.45, 7) is 1.41. The number of hydrogen-bond acceptors (Lipinski definition) is 4. The van der Waals surface area contributed by atoms with Crippen LogP contribution in [0.5, 0.6) is 0 Å². The van der Waals surface area contributed by atoms with Gasteiger partial charge in [-0.1, -0.05) is 0 Å². The first-order valence-electron chi connectivity index (χ1n) is 5.46. The number of amides is 2. The minimum absolute atomic E-state index is 0.169. The van der Waals surface area contributed by atoms with Gasteiger partial charge < -0.3 is 15.4 Å². The van der Waals surface area contributed by atoms with E-state index < -0.39 is 11.9 Å². The molecule has 6 heteroatoms. The molecule has 2 N–H and O–H groups in total. The first-order valence-corrected chi connectivity index (χ1v) is 5.46. The van der Waals surface area contributed by atoms with Crippen molar-refractivity contribution in [2.45, 2.75) is 6.92 Å². The van der Waals surface area contributed by atoms with E-state index in [4.69, 9.17) is 0 Å². The number of benzene rings is 1. The molecule has 0 aliphatic rings. The van der Waals surface area contributed by atoms with E-state index >= 15 is 0 Å². The standard InChI is InChI=1S/C13H14N2O4/c1-9(16)14-10-3-5-11(6-4-10)15-12(17)7-8-13(18)19-2/h3-8H,1-2H3,(H,14,16)(H,15,17)/b8-7-. The van der Waals surface area contributed by atoms with E-state index in [2.05, 4.69) is 15.4 Å². The molecule has 0 saturated heterocycles. The second-order valence-electron chi connectivity index (χ2n) is 3.60. The number of carbonyl (C=O) groups excluding carboxylic acids is 3. The fourth-order valence-corrected chi connectivity index (χ4v) is 1.24. The van der Waals surface area contributed by atoms with Gasteiger partial charge in [0.15, 0.2) is 0 Å². The van der Waals surface area contributed by atoms with Gasteiger partial charge in [0.25, 0.3) is 0 Å². The Bertz CT molecular complexity index is 506. The summed E-state index contributed by atoms with van der Waals surface area (Å²) in [5.74, 6) is -1.22. The van der Waals surface area contributed by atoms with Gasteiger partial charge in [0.05, 0.1) is 7.11 Å². The topological polar surface area (TPSA) is 84.5 Å². The Kier molecular flexibility index (Phi) is 5.28. The van der Waals surface area contributed by atoms with Crippen molar-refractivity contribution < 1.29 is 19.1 Å². The molecular formula is C13H14N2O4. The smallest absolute Gasteiger partial charge is 0.330 e. The molecule has 0 aliphatic carbocycles. The highest BCUT2D eigenvalue weighted by molar-refractivity contribution is 6.02. The zero-order chi connectivity index (χ0) is 14.3. The van der Waals surface area contributed by atoms with Gasteiger partial charge in [-0.15, -0.1) is 0 Å². The second-order valence-corrected chi connectivity index (χ2v) is 3.60. The normalized spacial score (nSPS) is 10.0. The molecule has 0 spiro atoms. The van der Waals surface area contributed by atoms with E-state index in [0.717, 1.165) is 12.2 Å². The van der Waals surface area contributed by atoms with Gasteiger partial charge in [-0.3, -0.25) is 9.59 Å². The molecule has 0 unspecified atom stereocenters. The number of ether oxygens (including phenoxy) is 1. The molecule has 0 radical (unpaired) electrons. The van der Waals surface area contributed by atoms with Crippen LogP contribution in [0.3, 0.4) is 0 Å². The minimum Gasteiger partial charge on any atom is -0.466 e. The van der Waals surface area contributed by atoms with Gasteiger partial charge in [0, 0.05) is 30.5 Å². The molecule has 0 aliphatic heterocycles. The molecule has 0 aromatic heterocycles. The average Bonchev–Trinajstić information content (AvgIpc) is 2.37. The molecule has 1 aromatic carbocycles. The Morgan fingerprint density at radius 3 is 2.00 bits per heavy atom. The van der Waals surface area contributed by atoms with E-state index in [1.165, 1.54) is 14.0 Å². The van der Waals surface area contributed by atoms with Gasteiger partial charge in [-0.25, -0.2) is 4.79 Å². The summed E-state index contributed by atoms with van der Waals surface area (Å²) in [4.78, 5) is 33.0. The van der Waals surface area contributed by atoms with E-state index in [-0.39, 0.29) is 5.91 Å². The quantitative estimate of drug-likeness (QED) is 0.633. The largest absolute Gasteiger partial charge is 0.466 e. The van der Waals surface area contributed by atoms with Crippen molar-refractivity contribution >= 4 is 29.2 Å². The van der Waals surface area contributed by atoms with Crippen LogP contribution in [0.25, 0.3) is 0 Å². The van der Waals surface area contributed by atoms with Crippen molar-refractivity contribution in [2.75, 3.05) is 17.7 Å². The zero-order valence-corrected chi connectivity index (χ0v) is 10.6. The SMILES string of the molecule is COC(=O)/C=C\C(=O)Nc1ccc(NC(C)=O)cc1. The van der Waals surface area contributed by atoms with Crippen LogP contribution in [0.4, 0.5) is 11.4 Å². The Morgan fingerprint density at radius 2 is 1.53 bits per heavy atom. The lowest BCUT2D eigenvalue weighted by Gasteiger charge is -2.04. The van der Waals surface area contributed by atoms with Crippen molar-refractivity contribution in [1.29, 1.82) is 0 Å². The molecule has 2 amide bonds. The molecular weight excluding hydrogens is 248 g/mol. The van der Waals surface area contributed by atoms with Crippen LogP contribution in [0.1, 0.15) is 6.92 Å². The maximum absolute atomic E-state index is 11.4. The van der Waals surface area contributed by atoms with Crippen molar-refractivity contribution in [2.24, 2.45) is 0 Å². The third-order valence-electron chi connectivity index (χ3n) is 2.04.